The molecule has 0 radical (unpaired) electrons. The Kier molecular flexibility index (Phi) is 2.95. The highest BCUT2D eigenvalue weighted by Gasteiger charge is 2.03. The van der Waals surface area contributed by atoms with Crippen molar-refractivity contribution in [2.24, 2.45) is 0 Å². The van der Waals surface area contributed by atoms with Gasteiger partial charge in [-0.15, -0.1) is 0 Å². The van der Waals surface area contributed by atoms with Gasteiger partial charge >= 0.3 is 0 Å². The first-order chi connectivity index (χ1) is 8.11. The maximum absolute atomic E-state index is 11.4. The molecule has 1 heterocycles. The van der Waals surface area contributed by atoms with Gasteiger partial charge in [0.1, 0.15) is 0 Å². The first-order valence-corrected chi connectivity index (χ1v) is 5.56. The Morgan fingerprint density at radius 3 is 2.71 bits per heavy atom. The standard InChI is InChI=1S/C13H15N3O/c1-3-16-13(17)7-6-12(15-16)10-5-4-9(2)11(14)8-10/h4-8H,3,14H2,1-2H3. The maximum Gasteiger partial charge on any atom is 0.266 e. The Morgan fingerprint density at radius 1 is 1.29 bits per heavy atom. The zero-order chi connectivity index (χ0) is 12.4. The molecule has 0 spiro atoms. The quantitative estimate of drug-likeness (QED) is 0.799. The number of rotatable bonds is 2. The lowest BCUT2D eigenvalue weighted by molar-refractivity contribution is 0.619. The Bertz CT molecular complexity index is 602. The smallest absolute Gasteiger partial charge is 0.266 e. The first kappa shape index (κ1) is 11.4. The maximum atomic E-state index is 11.4. The molecule has 1 aromatic carbocycles. The number of aryl methyl sites for hydroxylation is 2. The van der Waals surface area contributed by atoms with Crippen molar-refractivity contribution in [1.82, 2.24) is 9.78 Å². The lowest BCUT2D eigenvalue weighted by Crippen LogP contribution is -2.21. The lowest BCUT2D eigenvalue weighted by atomic mass is 10.1. The number of nitrogen functional groups attached to an aromatic ring is 1. The topological polar surface area (TPSA) is 60.9 Å². The molecular weight excluding hydrogens is 214 g/mol. The predicted octanol–water partition coefficient (Wildman–Crippen LogP) is 1.82. The van der Waals surface area contributed by atoms with Gasteiger partial charge in [-0.25, -0.2) is 4.68 Å². The van der Waals surface area contributed by atoms with Crippen LogP contribution in [0.4, 0.5) is 5.69 Å². The van der Waals surface area contributed by atoms with E-state index in [-0.39, 0.29) is 5.56 Å². The molecule has 0 atom stereocenters. The van der Waals surface area contributed by atoms with E-state index in [0.717, 1.165) is 22.5 Å². The fourth-order valence-electron chi connectivity index (χ4n) is 1.63. The van der Waals surface area contributed by atoms with Crippen molar-refractivity contribution in [1.29, 1.82) is 0 Å². The Labute approximate surface area is 99.7 Å². The summed E-state index contributed by atoms with van der Waals surface area (Å²) in [6.45, 7) is 4.41. The Hall–Kier alpha value is -2.10. The molecule has 0 saturated carbocycles. The number of hydrogen-bond acceptors (Lipinski definition) is 3. The summed E-state index contributed by atoms with van der Waals surface area (Å²) in [6.07, 6.45) is 0. The Morgan fingerprint density at radius 2 is 2.06 bits per heavy atom. The highest BCUT2D eigenvalue weighted by Crippen LogP contribution is 2.20. The lowest BCUT2D eigenvalue weighted by Gasteiger charge is -2.06. The van der Waals surface area contributed by atoms with Crippen LogP contribution in [0.5, 0.6) is 0 Å². The van der Waals surface area contributed by atoms with Gasteiger partial charge in [-0.2, -0.15) is 5.10 Å². The third kappa shape index (κ3) is 2.20. The number of nitrogens with two attached hydrogens (primary N) is 1. The van der Waals surface area contributed by atoms with Gasteiger partial charge in [0.15, 0.2) is 0 Å². The molecule has 2 N–H and O–H groups in total. The summed E-state index contributed by atoms with van der Waals surface area (Å²) < 4.78 is 1.44. The van der Waals surface area contributed by atoms with Gasteiger partial charge in [-0.05, 0) is 31.5 Å². The number of nitrogens with zero attached hydrogens (tertiary/aromatic N) is 2. The second-order valence-electron chi connectivity index (χ2n) is 3.94. The van der Waals surface area contributed by atoms with E-state index >= 15 is 0 Å². The van der Waals surface area contributed by atoms with Crippen molar-refractivity contribution >= 4 is 5.69 Å². The largest absolute Gasteiger partial charge is 0.398 e. The molecule has 0 unspecified atom stereocenters. The van der Waals surface area contributed by atoms with Crippen LogP contribution in [0.25, 0.3) is 11.3 Å². The fourth-order valence-corrected chi connectivity index (χ4v) is 1.63. The first-order valence-electron chi connectivity index (χ1n) is 5.56. The predicted molar refractivity (Wildman–Crippen MR) is 68.8 cm³/mol. The van der Waals surface area contributed by atoms with Gasteiger partial charge in [0.2, 0.25) is 0 Å². The monoisotopic (exact) mass is 229 g/mol. The van der Waals surface area contributed by atoms with Crippen LogP contribution >= 0.6 is 0 Å². The van der Waals surface area contributed by atoms with Gasteiger partial charge in [-0.1, -0.05) is 12.1 Å². The normalized spacial score (nSPS) is 10.5. The van der Waals surface area contributed by atoms with Crippen molar-refractivity contribution in [2.75, 3.05) is 5.73 Å². The minimum absolute atomic E-state index is 0.0867. The van der Waals surface area contributed by atoms with Crippen LogP contribution in [0, 0.1) is 6.92 Å². The minimum Gasteiger partial charge on any atom is -0.398 e. The summed E-state index contributed by atoms with van der Waals surface area (Å²) in [6, 6.07) is 9.04. The van der Waals surface area contributed by atoms with E-state index in [1.807, 2.05) is 32.0 Å². The minimum atomic E-state index is -0.0867. The van der Waals surface area contributed by atoms with E-state index in [9.17, 15) is 4.79 Å². The molecule has 1 aromatic heterocycles. The number of hydrogen-bond donors (Lipinski definition) is 1. The second kappa shape index (κ2) is 4.41. The van der Waals surface area contributed by atoms with E-state index in [1.54, 1.807) is 6.07 Å². The van der Waals surface area contributed by atoms with E-state index in [0.29, 0.717) is 6.54 Å². The average Bonchev–Trinajstić information content (AvgIpc) is 2.33. The molecule has 0 amide bonds. The van der Waals surface area contributed by atoms with Gasteiger partial charge in [0.05, 0.1) is 5.69 Å². The summed E-state index contributed by atoms with van der Waals surface area (Å²) in [7, 11) is 0. The molecule has 0 aliphatic rings. The molecule has 2 rings (SSSR count). The molecule has 17 heavy (non-hydrogen) atoms. The van der Waals surface area contributed by atoms with Gasteiger partial charge in [0, 0.05) is 23.9 Å². The molecule has 88 valence electrons. The van der Waals surface area contributed by atoms with Gasteiger partial charge in [-0.3, -0.25) is 4.79 Å². The van der Waals surface area contributed by atoms with Gasteiger partial charge in [0.25, 0.3) is 5.56 Å². The molecule has 4 heteroatoms. The van der Waals surface area contributed by atoms with Crippen LogP contribution in [-0.2, 0) is 6.54 Å². The second-order valence-corrected chi connectivity index (χ2v) is 3.94. The molecule has 0 saturated heterocycles. The number of aromatic nitrogens is 2. The third-order valence-corrected chi connectivity index (χ3v) is 2.74. The van der Waals surface area contributed by atoms with Gasteiger partial charge < -0.3 is 5.73 Å². The molecule has 0 aliphatic heterocycles. The summed E-state index contributed by atoms with van der Waals surface area (Å²) in [5, 5.41) is 4.28. The molecule has 0 bridgehead atoms. The van der Waals surface area contributed by atoms with Crippen LogP contribution in [0.1, 0.15) is 12.5 Å². The zero-order valence-corrected chi connectivity index (χ0v) is 9.97. The van der Waals surface area contributed by atoms with Crippen LogP contribution in [0.2, 0.25) is 0 Å². The highest BCUT2D eigenvalue weighted by molar-refractivity contribution is 5.65. The molecule has 0 fully saturated rings. The van der Waals surface area contributed by atoms with Crippen molar-refractivity contribution in [3.8, 4) is 11.3 Å². The van der Waals surface area contributed by atoms with Crippen molar-refractivity contribution in [2.45, 2.75) is 20.4 Å². The van der Waals surface area contributed by atoms with E-state index in [2.05, 4.69) is 5.10 Å². The molecular formula is C13H15N3O. The van der Waals surface area contributed by atoms with Crippen LogP contribution in [0.15, 0.2) is 35.1 Å². The Balaban J connectivity index is 2.53. The average molecular weight is 229 g/mol. The number of benzene rings is 1. The van der Waals surface area contributed by atoms with E-state index < -0.39 is 0 Å². The molecule has 0 aliphatic carbocycles. The molecule has 2 aromatic rings. The SMILES string of the molecule is CCn1nc(-c2ccc(C)c(N)c2)ccc1=O. The molecule has 4 nitrogen and oxygen atoms in total. The number of anilines is 1. The van der Waals surface area contributed by atoms with E-state index in [4.69, 9.17) is 5.73 Å². The summed E-state index contributed by atoms with van der Waals surface area (Å²) in [5.74, 6) is 0. The highest BCUT2D eigenvalue weighted by atomic mass is 16.1. The summed E-state index contributed by atoms with van der Waals surface area (Å²) >= 11 is 0. The third-order valence-electron chi connectivity index (χ3n) is 2.74. The fraction of sp³-hybridized carbons (Fsp3) is 0.231. The van der Waals surface area contributed by atoms with Crippen molar-refractivity contribution < 1.29 is 0 Å². The van der Waals surface area contributed by atoms with Crippen molar-refractivity contribution in [3.05, 3.63) is 46.2 Å². The van der Waals surface area contributed by atoms with E-state index in [1.165, 1.54) is 10.7 Å². The summed E-state index contributed by atoms with van der Waals surface area (Å²) in [5.41, 5.74) is 9.24. The van der Waals surface area contributed by atoms with Crippen LogP contribution in [0.3, 0.4) is 0 Å². The summed E-state index contributed by atoms with van der Waals surface area (Å²) in [4.78, 5) is 11.4. The van der Waals surface area contributed by atoms with Crippen LogP contribution in [-0.4, -0.2) is 9.78 Å². The zero-order valence-electron chi connectivity index (χ0n) is 9.97. The van der Waals surface area contributed by atoms with Crippen LogP contribution < -0.4 is 11.3 Å². The van der Waals surface area contributed by atoms with Crippen molar-refractivity contribution in [3.63, 3.8) is 0 Å².